The van der Waals surface area contributed by atoms with Gasteiger partial charge in [-0.15, -0.1) is 0 Å². The molecule has 106 valence electrons. The zero-order valence-corrected chi connectivity index (χ0v) is 12.0. The number of nitrogens with two attached hydrogens (primary N) is 1. The van der Waals surface area contributed by atoms with Crippen molar-refractivity contribution in [2.24, 2.45) is 11.7 Å². The first kappa shape index (κ1) is 14.5. The van der Waals surface area contributed by atoms with Crippen molar-refractivity contribution >= 4 is 0 Å². The molecule has 0 aromatic heterocycles. The fraction of sp³-hybridized carbons (Fsp3) is 0.625. The van der Waals surface area contributed by atoms with Crippen LogP contribution in [0, 0.1) is 5.92 Å². The Balaban J connectivity index is 1.86. The van der Waals surface area contributed by atoms with Gasteiger partial charge in [-0.2, -0.15) is 0 Å². The second-order valence-corrected chi connectivity index (χ2v) is 6.21. The minimum atomic E-state index is -0.471. The third kappa shape index (κ3) is 4.03. The summed E-state index contributed by atoms with van der Waals surface area (Å²) in [5.74, 6) is 0.422. The summed E-state index contributed by atoms with van der Waals surface area (Å²) in [4.78, 5) is 2.42. The maximum absolute atomic E-state index is 9.96. The van der Waals surface area contributed by atoms with Gasteiger partial charge in [-0.25, -0.2) is 0 Å². The Morgan fingerprint density at radius 1 is 1.26 bits per heavy atom. The van der Waals surface area contributed by atoms with Crippen LogP contribution in [0.4, 0.5) is 0 Å². The van der Waals surface area contributed by atoms with Gasteiger partial charge in [-0.05, 0) is 31.2 Å². The predicted molar refractivity (Wildman–Crippen MR) is 78.8 cm³/mol. The van der Waals surface area contributed by atoms with Crippen molar-refractivity contribution in [3.63, 3.8) is 0 Å². The van der Waals surface area contributed by atoms with Gasteiger partial charge in [0, 0.05) is 25.7 Å². The number of benzene rings is 1. The molecule has 1 aromatic rings. The number of nitrogens with zero attached hydrogens (tertiary/aromatic N) is 1. The van der Waals surface area contributed by atoms with Crippen LogP contribution < -0.4 is 5.73 Å². The zero-order chi connectivity index (χ0) is 13.9. The van der Waals surface area contributed by atoms with E-state index in [9.17, 15) is 5.11 Å². The van der Waals surface area contributed by atoms with Crippen LogP contribution in [0.1, 0.15) is 38.3 Å². The van der Waals surface area contributed by atoms with Crippen LogP contribution in [-0.4, -0.2) is 35.2 Å². The van der Waals surface area contributed by atoms with E-state index in [1.54, 1.807) is 0 Å². The van der Waals surface area contributed by atoms with Gasteiger partial charge in [0.1, 0.15) is 0 Å². The minimum Gasteiger partial charge on any atom is -0.390 e. The molecule has 1 aliphatic rings. The second kappa shape index (κ2) is 6.04. The van der Waals surface area contributed by atoms with Crippen LogP contribution in [-0.2, 0) is 0 Å². The number of hydrogen-bond acceptors (Lipinski definition) is 3. The van der Waals surface area contributed by atoms with Gasteiger partial charge in [-0.1, -0.05) is 37.3 Å². The molecule has 2 rings (SSSR count). The van der Waals surface area contributed by atoms with Crippen LogP contribution in [0.3, 0.4) is 0 Å². The number of likely N-dealkylation sites (tertiary alicyclic amines) is 1. The van der Waals surface area contributed by atoms with Crippen molar-refractivity contribution < 1.29 is 5.11 Å². The molecule has 1 aromatic carbocycles. The number of rotatable bonds is 4. The van der Waals surface area contributed by atoms with E-state index in [2.05, 4.69) is 24.0 Å². The predicted octanol–water partition coefficient (Wildman–Crippen LogP) is 2.17. The van der Waals surface area contributed by atoms with Crippen molar-refractivity contribution in [1.82, 2.24) is 4.90 Å². The zero-order valence-electron chi connectivity index (χ0n) is 12.0. The number of piperidine rings is 1. The molecule has 3 heteroatoms. The van der Waals surface area contributed by atoms with E-state index in [-0.39, 0.29) is 6.04 Å². The lowest BCUT2D eigenvalue weighted by Gasteiger charge is -2.37. The highest BCUT2D eigenvalue weighted by Gasteiger charge is 2.28. The van der Waals surface area contributed by atoms with Crippen molar-refractivity contribution in [3.8, 4) is 0 Å². The highest BCUT2D eigenvalue weighted by atomic mass is 16.3. The van der Waals surface area contributed by atoms with E-state index >= 15 is 0 Å². The second-order valence-electron chi connectivity index (χ2n) is 6.21. The van der Waals surface area contributed by atoms with Crippen LogP contribution in [0.2, 0.25) is 0 Å². The van der Waals surface area contributed by atoms with Gasteiger partial charge in [0.2, 0.25) is 0 Å². The monoisotopic (exact) mass is 262 g/mol. The minimum absolute atomic E-state index is 0.0867. The smallest absolute Gasteiger partial charge is 0.0644 e. The van der Waals surface area contributed by atoms with Crippen molar-refractivity contribution in [3.05, 3.63) is 35.9 Å². The lowest BCUT2D eigenvalue weighted by Crippen LogP contribution is -2.44. The molecule has 1 fully saturated rings. The van der Waals surface area contributed by atoms with Crippen LogP contribution in [0.15, 0.2) is 30.3 Å². The number of hydrogen-bond donors (Lipinski definition) is 2. The van der Waals surface area contributed by atoms with Crippen molar-refractivity contribution in [2.45, 2.75) is 38.3 Å². The third-order valence-corrected chi connectivity index (χ3v) is 4.28. The molecular weight excluding hydrogens is 236 g/mol. The van der Waals surface area contributed by atoms with Gasteiger partial charge in [0.25, 0.3) is 0 Å². The Kier molecular flexibility index (Phi) is 4.61. The Hall–Kier alpha value is -0.900. The van der Waals surface area contributed by atoms with E-state index in [1.807, 2.05) is 25.1 Å². The summed E-state index contributed by atoms with van der Waals surface area (Å²) in [5, 5.41) is 9.96. The first-order valence-corrected chi connectivity index (χ1v) is 7.23. The summed E-state index contributed by atoms with van der Waals surface area (Å²) in [7, 11) is 0. The molecule has 1 aliphatic heterocycles. The fourth-order valence-electron chi connectivity index (χ4n) is 2.74. The molecule has 1 heterocycles. The molecule has 0 bridgehead atoms. The van der Waals surface area contributed by atoms with E-state index < -0.39 is 5.60 Å². The van der Waals surface area contributed by atoms with Crippen molar-refractivity contribution in [1.29, 1.82) is 0 Å². The van der Waals surface area contributed by atoms with Gasteiger partial charge in [0.15, 0.2) is 0 Å². The van der Waals surface area contributed by atoms with Crippen LogP contribution in [0.25, 0.3) is 0 Å². The molecule has 0 aliphatic carbocycles. The van der Waals surface area contributed by atoms with Crippen LogP contribution >= 0.6 is 0 Å². The largest absolute Gasteiger partial charge is 0.390 e. The average Bonchev–Trinajstić information content (AvgIpc) is 2.41. The fourth-order valence-corrected chi connectivity index (χ4v) is 2.74. The SMILES string of the molecule is CC(CN1CCC(C)(O)CC1)C(N)c1ccccc1. The lowest BCUT2D eigenvalue weighted by molar-refractivity contribution is -0.00895. The van der Waals surface area contributed by atoms with E-state index in [4.69, 9.17) is 5.73 Å². The summed E-state index contributed by atoms with van der Waals surface area (Å²) in [5.41, 5.74) is 7.07. The summed E-state index contributed by atoms with van der Waals surface area (Å²) < 4.78 is 0. The maximum Gasteiger partial charge on any atom is 0.0644 e. The molecule has 0 radical (unpaired) electrons. The normalized spacial score (nSPS) is 22.9. The summed E-state index contributed by atoms with van der Waals surface area (Å²) >= 11 is 0. The molecule has 0 saturated carbocycles. The topological polar surface area (TPSA) is 49.5 Å². The Morgan fingerprint density at radius 2 is 1.84 bits per heavy atom. The molecule has 3 nitrogen and oxygen atoms in total. The average molecular weight is 262 g/mol. The summed E-state index contributed by atoms with van der Waals surface area (Å²) in [6, 6.07) is 10.4. The highest BCUT2D eigenvalue weighted by molar-refractivity contribution is 5.19. The van der Waals surface area contributed by atoms with E-state index in [1.165, 1.54) is 5.56 Å². The lowest BCUT2D eigenvalue weighted by atomic mass is 9.91. The standard InChI is InChI=1S/C16H26N2O/c1-13(15(17)14-6-4-3-5-7-14)12-18-10-8-16(2,19)9-11-18/h3-7,13,15,19H,8-12,17H2,1-2H3. The van der Waals surface area contributed by atoms with Gasteiger partial charge in [0.05, 0.1) is 5.60 Å². The van der Waals surface area contributed by atoms with E-state index in [0.717, 1.165) is 32.5 Å². The van der Waals surface area contributed by atoms with Gasteiger partial charge in [-0.3, -0.25) is 0 Å². The Labute approximate surface area is 116 Å². The maximum atomic E-state index is 9.96. The molecule has 2 unspecified atom stereocenters. The Bertz CT molecular complexity index is 381. The van der Waals surface area contributed by atoms with Crippen LogP contribution in [0.5, 0.6) is 0 Å². The molecular formula is C16H26N2O. The first-order chi connectivity index (χ1) is 8.98. The highest BCUT2D eigenvalue weighted by Crippen LogP contribution is 2.24. The number of aliphatic hydroxyl groups is 1. The third-order valence-electron chi connectivity index (χ3n) is 4.28. The molecule has 0 spiro atoms. The van der Waals surface area contributed by atoms with Gasteiger partial charge < -0.3 is 15.7 Å². The molecule has 0 amide bonds. The molecule has 3 N–H and O–H groups in total. The molecule has 2 atom stereocenters. The first-order valence-electron chi connectivity index (χ1n) is 7.23. The van der Waals surface area contributed by atoms with Crippen molar-refractivity contribution in [2.75, 3.05) is 19.6 Å². The summed E-state index contributed by atoms with van der Waals surface area (Å²) in [6.07, 6.45) is 1.72. The molecule has 19 heavy (non-hydrogen) atoms. The van der Waals surface area contributed by atoms with E-state index in [0.29, 0.717) is 5.92 Å². The quantitative estimate of drug-likeness (QED) is 0.874. The van der Waals surface area contributed by atoms with Gasteiger partial charge >= 0.3 is 0 Å². The molecule has 1 saturated heterocycles. The summed E-state index contributed by atoms with van der Waals surface area (Å²) in [6.45, 7) is 7.09. The Morgan fingerprint density at radius 3 is 2.42 bits per heavy atom.